The smallest absolute Gasteiger partial charge is 0.243 e. The molecule has 4 rings (SSSR count). The van der Waals surface area contributed by atoms with Crippen LogP contribution in [0, 0.1) is 11.6 Å². The molecule has 6 nitrogen and oxygen atoms in total. The highest BCUT2D eigenvalue weighted by Crippen LogP contribution is 2.25. The molecule has 0 saturated carbocycles. The number of benzene rings is 2. The first-order chi connectivity index (χ1) is 14.6. The van der Waals surface area contributed by atoms with E-state index >= 15 is 0 Å². The van der Waals surface area contributed by atoms with Crippen molar-refractivity contribution in [2.75, 3.05) is 17.2 Å². The Labute approximate surface area is 170 Å². The average Bonchev–Trinajstić information content (AvgIpc) is 3.14. The molecule has 8 heteroatoms. The second-order valence-corrected chi connectivity index (χ2v) is 6.51. The summed E-state index contributed by atoms with van der Waals surface area (Å²) in [6, 6.07) is 12.3. The third kappa shape index (κ3) is 4.49. The normalized spacial score (nSPS) is 11.1. The maximum Gasteiger partial charge on any atom is 0.243 e. The number of carbonyl (C=O) groups is 1. The molecule has 0 bridgehead atoms. The molecular weight excluding hydrogens is 388 g/mol. The van der Waals surface area contributed by atoms with Crippen LogP contribution in [0.4, 0.5) is 20.2 Å². The maximum atomic E-state index is 14.4. The fourth-order valence-electron chi connectivity index (χ4n) is 2.88. The van der Waals surface area contributed by atoms with Gasteiger partial charge in [-0.25, -0.2) is 8.78 Å². The Bertz CT molecular complexity index is 1200. The van der Waals surface area contributed by atoms with Crippen molar-refractivity contribution in [2.24, 2.45) is 0 Å². The summed E-state index contributed by atoms with van der Waals surface area (Å²) >= 11 is 0. The summed E-state index contributed by atoms with van der Waals surface area (Å²) in [5, 5.41) is 13.1. The van der Waals surface area contributed by atoms with E-state index in [4.69, 9.17) is 0 Å². The molecule has 150 valence electrons. The topological polar surface area (TPSA) is 82.7 Å². The summed E-state index contributed by atoms with van der Waals surface area (Å²) in [5.74, 6) is -1.28. The predicted octanol–water partition coefficient (Wildman–Crippen LogP) is 4.46. The van der Waals surface area contributed by atoms with Gasteiger partial charge in [0, 0.05) is 29.5 Å². The zero-order valence-corrected chi connectivity index (χ0v) is 15.7. The number of nitrogens with one attached hydrogen (secondary N) is 3. The number of rotatable bonds is 6. The van der Waals surface area contributed by atoms with E-state index < -0.39 is 11.7 Å². The number of hydrogen-bond acceptors (Lipinski definition) is 4. The van der Waals surface area contributed by atoms with Gasteiger partial charge in [0.1, 0.15) is 11.6 Å². The SMILES string of the molecule is O=C(CNc1ccncc1)Nc1cc2c(C=Cc3ccc(F)cc3)n[nH]c2cc1F. The zero-order chi connectivity index (χ0) is 20.9. The Morgan fingerprint density at radius 3 is 2.57 bits per heavy atom. The van der Waals surface area contributed by atoms with Crippen LogP contribution in [0.2, 0.25) is 0 Å². The van der Waals surface area contributed by atoms with Crippen molar-refractivity contribution in [3.8, 4) is 0 Å². The molecule has 0 radical (unpaired) electrons. The molecule has 1 amide bonds. The van der Waals surface area contributed by atoms with E-state index in [1.807, 2.05) is 0 Å². The van der Waals surface area contributed by atoms with Crippen LogP contribution in [0.1, 0.15) is 11.3 Å². The summed E-state index contributed by atoms with van der Waals surface area (Å²) in [6.45, 7) is -0.0236. The van der Waals surface area contributed by atoms with Crippen LogP contribution in [0.25, 0.3) is 23.1 Å². The first-order valence-electron chi connectivity index (χ1n) is 9.13. The van der Waals surface area contributed by atoms with Crippen LogP contribution in [0.3, 0.4) is 0 Å². The van der Waals surface area contributed by atoms with E-state index in [9.17, 15) is 13.6 Å². The average molecular weight is 405 g/mol. The first-order valence-corrected chi connectivity index (χ1v) is 9.13. The largest absolute Gasteiger partial charge is 0.376 e. The molecule has 0 atom stereocenters. The van der Waals surface area contributed by atoms with E-state index in [2.05, 4.69) is 25.8 Å². The maximum absolute atomic E-state index is 14.4. The minimum absolute atomic E-state index is 0.0236. The molecule has 4 aromatic rings. The Hall–Kier alpha value is -4.07. The highest BCUT2D eigenvalue weighted by Gasteiger charge is 2.12. The van der Waals surface area contributed by atoms with Gasteiger partial charge in [0.05, 0.1) is 23.4 Å². The number of fused-ring (bicyclic) bond motifs is 1. The van der Waals surface area contributed by atoms with Gasteiger partial charge in [-0.05, 0) is 42.0 Å². The third-order valence-corrected chi connectivity index (χ3v) is 4.39. The lowest BCUT2D eigenvalue weighted by Gasteiger charge is -2.08. The minimum Gasteiger partial charge on any atom is -0.376 e. The molecule has 2 aromatic carbocycles. The molecule has 2 heterocycles. The zero-order valence-electron chi connectivity index (χ0n) is 15.7. The number of H-pyrrole nitrogens is 1. The monoisotopic (exact) mass is 405 g/mol. The second-order valence-electron chi connectivity index (χ2n) is 6.51. The van der Waals surface area contributed by atoms with Gasteiger partial charge in [-0.15, -0.1) is 0 Å². The molecular formula is C22H17F2N5O. The fraction of sp³-hybridized carbons (Fsp3) is 0.0455. The number of anilines is 2. The van der Waals surface area contributed by atoms with Crippen LogP contribution >= 0.6 is 0 Å². The van der Waals surface area contributed by atoms with Gasteiger partial charge in [0.15, 0.2) is 0 Å². The summed E-state index contributed by atoms with van der Waals surface area (Å²) in [7, 11) is 0. The van der Waals surface area contributed by atoms with E-state index in [0.29, 0.717) is 16.6 Å². The molecule has 0 unspecified atom stereocenters. The number of aromatic nitrogens is 3. The van der Waals surface area contributed by atoms with E-state index in [1.54, 1.807) is 48.8 Å². The van der Waals surface area contributed by atoms with E-state index in [0.717, 1.165) is 11.3 Å². The molecule has 3 N–H and O–H groups in total. The summed E-state index contributed by atoms with van der Waals surface area (Å²) in [4.78, 5) is 16.1. The standard InChI is InChI=1S/C22H17F2N5O/c23-15-4-1-14(2-5-15)3-6-19-17-11-21(18(24)12-20(17)29-28-19)27-22(30)13-26-16-7-9-25-10-8-16/h1-12H,13H2,(H,25,26)(H,27,30)(H,28,29). The van der Waals surface area contributed by atoms with Crippen molar-refractivity contribution in [3.63, 3.8) is 0 Å². The number of pyridine rings is 1. The molecule has 0 fully saturated rings. The second kappa shape index (κ2) is 8.52. The van der Waals surface area contributed by atoms with Crippen LogP contribution < -0.4 is 10.6 Å². The number of aromatic amines is 1. The number of hydrogen-bond donors (Lipinski definition) is 3. The first kappa shape index (κ1) is 19.3. The molecule has 0 aliphatic carbocycles. The van der Waals surface area contributed by atoms with Gasteiger partial charge < -0.3 is 10.6 Å². The van der Waals surface area contributed by atoms with Gasteiger partial charge in [-0.3, -0.25) is 14.9 Å². The number of nitrogens with zero attached hydrogens (tertiary/aromatic N) is 2. The van der Waals surface area contributed by atoms with Crippen LogP contribution in [0.15, 0.2) is 60.9 Å². The Morgan fingerprint density at radius 1 is 1.03 bits per heavy atom. The molecule has 30 heavy (non-hydrogen) atoms. The molecule has 2 aromatic heterocycles. The fourth-order valence-corrected chi connectivity index (χ4v) is 2.88. The number of halogens is 2. The van der Waals surface area contributed by atoms with E-state index in [1.165, 1.54) is 24.3 Å². The van der Waals surface area contributed by atoms with Crippen LogP contribution in [0.5, 0.6) is 0 Å². The summed E-state index contributed by atoms with van der Waals surface area (Å²) in [5.41, 5.74) is 2.66. The van der Waals surface area contributed by atoms with Crippen molar-refractivity contribution in [2.45, 2.75) is 0 Å². The summed E-state index contributed by atoms with van der Waals surface area (Å²) in [6.07, 6.45) is 6.72. The van der Waals surface area contributed by atoms with Crippen molar-refractivity contribution in [1.82, 2.24) is 15.2 Å². The highest BCUT2D eigenvalue weighted by atomic mass is 19.1. The van der Waals surface area contributed by atoms with Crippen molar-refractivity contribution in [3.05, 3.63) is 83.8 Å². The Morgan fingerprint density at radius 2 is 1.80 bits per heavy atom. The molecule has 0 saturated heterocycles. The third-order valence-electron chi connectivity index (χ3n) is 4.39. The lowest BCUT2D eigenvalue weighted by atomic mass is 10.1. The predicted molar refractivity (Wildman–Crippen MR) is 113 cm³/mol. The van der Waals surface area contributed by atoms with Gasteiger partial charge in [0.2, 0.25) is 5.91 Å². The Balaban J connectivity index is 1.51. The van der Waals surface area contributed by atoms with Crippen LogP contribution in [-0.4, -0.2) is 27.6 Å². The van der Waals surface area contributed by atoms with Crippen molar-refractivity contribution < 1.29 is 13.6 Å². The quantitative estimate of drug-likeness (QED) is 0.442. The highest BCUT2D eigenvalue weighted by molar-refractivity contribution is 5.98. The van der Waals surface area contributed by atoms with Gasteiger partial charge >= 0.3 is 0 Å². The lowest BCUT2D eigenvalue weighted by Crippen LogP contribution is -2.22. The minimum atomic E-state index is -0.572. The van der Waals surface area contributed by atoms with Gasteiger partial charge in [0.25, 0.3) is 0 Å². The number of carbonyl (C=O) groups excluding carboxylic acids is 1. The number of amides is 1. The van der Waals surface area contributed by atoms with Gasteiger partial charge in [-0.2, -0.15) is 5.10 Å². The van der Waals surface area contributed by atoms with Crippen molar-refractivity contribution >= 4 is 40.3 Å². The van der Waals surface area contributed by atoms with Crippen molar-refractivity contribution in [1.29, 1.82) is 0 Å². The van der Waals surface area contributed by atoms with E-state index in [-0.39, 0.29) is 18.0 Å². The summed E-state index contributed by atoms with van der Waals surface area (Å²) < 4.78 is 27.4. The van der Waals surface area contributed by atoms with Gasteiger partial charge in [-0.1, -0.05) is 18.2 Å². The molecule has 0 aliphatic heterocycles. The molecule has 0 aliphatic rings. The Kier molecular flexibility index (Phi) is 5.47. The molecule has 0 spiro atoms. The van der Waals surface area contributed by atoms with Crippen LogP contribution in [-0.2, 0) is 4.79 Å². The lowest BCUT2D eigenvalue weighted by molar-refractivity contribution is -0.114.